The van der Waals surface area contributed by atoms with E-state index in [1.54, 1.807) is 16.2 Å². The van der Waals surface area contributed by atoms with E-state index in [-0.39, 0.29) is 11.6 Å². The number of carboxylic acid groups (broad SMARTS) is 1. The van der Waals surface area contributed by atoms with Crippen LogP contribution in [0, 0.1) is 0 Å². The van der Waals surface area contributed by atoms with Gasteiger partial charge in [-0.3, -0.25) is 9.89 Å². The molecule has 1 amide bonds. The highest BCUT2D eigenvalue weighted by molar-refractivity contribution is 7.10. The zero-order valence-electron chi connectivity index (χ0n) is 9.92. The van der Waals surface area contributed by atoms with E-state index in [0.29, 0.717) is 25.1 Å². The van der Waals surface area contributed by atoms with Crippen molar-refractivity contribution in [1.29, 1.82) is 0 Å². The Bertz CT molecular complexity index is 633. The van der Waals surface area contributed by atoms with Crippen LogP contribution in [0.4, 0.5) is 0 Å². The summed E-state index contributed by atoms with van der Waals surface area (Å²) in [5, 5.41) is 17.4. The van der Waals surface area contributed by atoms with Gasteiger partial charge in [0.05, 0.1) is 25.2 Å². The Kier molecular flexibility index (Phi) is 2.83. The number of carbonyl (C=O) groups is 2. The molecular formula is C12H11N3O3S. The molecule has 0 bridgehead atoms. The third-order valence-corrected chi connectivity index (χ3v) is 3.99. The van der Waals surface area contributed by atoms with Crippen LogP contribution in [-0.4, -0.2) is 32.1 Å². The van der Waals surface area contributed by atoms with E-state index in [0.717, 1.165) is 10.6 Å². The summed E-state index contributed by atoms with van der Waals surface area (Å²) in [7, 11) is 0. The molecule has 0 spiro atoms. The average Bonchev–Trinajstić information content (AvgIpc) is 3.02. The summed E-state index contributed by atoms with van der Waals surface area (Å²) in [6.07, 6.45) is 0.359. The lowest BCUT2D eigenvalue weighted by Crippen LogP contribution is -2.27. The van der Waals surface area contributed by atoms with Gasteiger partial charge >= 0.3 is 5.97 Å². The Balaban J connectivity index is 1.73. The van der Waals surface area contributed by atoms with Crippen molar-refractivity contribution in [2.75, 3.05) is 0 Å². The number of rotatable bonds is 3. The lowest BCUT2D eigenvalue weighted by Gasteiger charge is -2.14. The maximum Gasteiger partial charge on any atom is 0.356 e. The van der Waals surface area contributed by atoms with Crippen LogP contribution in [-0.2, 0) is 24.3 Å². The molecule has 19 heavy (non-hydrogen) atoms. The van der Waals surface area contributed by atoms with E-state index in [9.17, 15) is 9.59 Å². The maximum atomic E-state index is 12.1. The number of aromatic amines is 1. The van der Waals surface area contributed by atoms with Gasteiger partial charge < -0.3 is 10.0 Å². The van der Waals surface area contributed by atoms with Crippen molar-refractivity contribution in [3.8, 4) is 0 Å². The summed E-state index contributed by atoms with van der Waals surface area (Å²) in [6.45, 7) is 0.720. The smallest absolute Gasteiger partial charge is 0.356 e. The Hall–Kier alpha value is -2.15. The molecule has 3 rings (SSSR count). The van der Waals surface area contributed by atoms with E-state index in [1.807, 2.05) is 17.5 Å². The Morgan fingerprint density at radius 2 is 2.32 bits per heavy atom. The first-order valence-electron chi connectivity index (χ1n) is 5.74. The number of amides is 1. The highest BCUT2D eigenvalue weighted by atomic mass is 32.1. The quantitative estimate of drug-likeness (QED) is 0.884. The normalized spacial score (nSPS) is 13.6. The molecular weight excluding hydrogens is 266 g/mol. The van der Waals surface area contributed by atoms with Gasteiger partial charge in [0.15, 0.2) is 5.69 Å². The number of fused-ring (bicyclic) bond motifs is 1. The van der Waals surface area contributed by atoms with Crippen LogP contribution in [0.5, 0.6) is 0 Å². The monoisotopic (exact) mass is 277 g/mol. The van der Waals surface area contributed by atoms with E-state index in [4.69, 9.17) is 5.11 Å². The molecule has 7 heteroatoms. The average molecular weight is 277 g/mol. The number of hydrogen-bond acceptors (Lipinski definition) is 4. The number of nitrogens with zero attached hydrogens (tertiary/aromatic N) is 2. The van der Waals surface area contributed by atoms with Crippen LogP contribution >= 0.6 is 11.3 Å². The number of nitrogens with one attached hydrogen (secondary N) is 1. The molecule has 0 saturated heterocycles. The number of aromatic carboxylic acids is 1. The Morgan fingerprint density at radius 1 is 1.47 bits per heavy atom. The summed E-state index contributed by atoms with van der Waals surface area (Å²) < 4.78 is 0. The predicted molar refractivity (Wildman–Crippen MR) is 67.8 cm³/mol. The molecule has 0 saturated carbocycles. The fourth-order valence-electron chi connectivity index (χ4n) is 2.17. The molecule has 0 radical (unpaired) electrons. The minimum Gasteiger partial charge on any atom is -0.476 e. The van der Waals surface area contributed by atoms with Gasteiger partial charge in [0, 0.05) is 10.4 Å². The molecule has 3 heterocycles. The first kappa shape index (κ1) is 11.9. The van der Waals surface area contributed by atoms with Gasteiger partial charge in [0.2, 0.25) is 5.91 Å². The molecule has 0 aromatic carbocycles. The van der Waals surface area contributed by atoms with Crippen molar-refractivity contribution in [2.45, 2.75) is 19.5 Å². The zero-order valence-corrected chi connectivity index (χ0v) is 10.7. The highest BCUT2D eigenvalue weighted by Crippen LogP contribution is 2.24. The van der Waals surface area contributed by atoms with Gasteiger partial charge in [-0.15, -0.1) is 11.3 Å². The maximum absolute atomic E-state index is 12.1. The van der Waals surface area contributed by atoms with E-state index in [1.165, 1.54) is 0 Å². The molecule has 1 aliphatic heterocycles. The van der Waals surface area contributed by atoms with Crippen molar-refractivity contribution in [3.05, 3.63) is 39.3 Å². The zero-order chi connectivity index (χ0) is 13.4. The van der Waals surface area contributed by atoms with Gasteiger partial charge in [-0.2, -0.15) is 5.10 Å². The van der Waals surface area contributed by atoms with E-state index >= 15 is 0 Å². The lowest BCUT2D eigenvalue weighted by atomic mass is 10.2. The summed E-state index contributed by atoms with van der Waals surface area (Å²) in [6, 6.07) is 3.83. The lowest BCUT2D eigenvalue weighted by molar-refractivity contribution is -0.131. The molecule has 1 aliphatic rings. The minimum atomic E-state index is -1.06. The molecule has 2 aromatic heterocycles. The largest absolute Gasteiger partial charge is 0.476 e. The van der Waals surface area contributed by atoms with Crippen LogP contribution in [0.25, 0.3) is 0 Å². The highest BCUT2D eigenvalue weighted by Gasteiger charge is 2.30. The third kappa shape index (κ3) is 2.12. The van der Waals surface area contributed by atoms with Crippen LogP contribution in [0.15, 0.2) is 17.5 Å². The van der Waals surface area contributed by atoms with Crippen LogP contribution < -0.4 is 0 Å². The summed E-state index contributed by atoms with van der Waals surface area (Å²) >= 11 is 1.54. The van der Waals surface area contributed by atoms with Crippen LogP contribution in [0.2, 0.25) is 0 Å². The summed E-state index contributed by atoms with van der Waals surface area (Å²) in [4.78, 5) is 25.7. The van der Waals surface area contributed by atoms with Crippen molar-refractivity contribution in [1.82, 2.24) is 15.1 Å². The van der Waals surface area contributed by atoms with Gasteiger partial charge in [-0.05, 0) is 11.4 Å². The molecule has 0 atom stereocenters. The van der Waals surface area contributed by atoms with Gasteiger partial charge in [0.25, 0.3) is 0 Å². The molecule has 0 unspecified atom stereocenters. The second-order valence-corrected chi connectivity index (χ2v) is 5.37. The number of H-pyrrole nitrogens is 1. The Morgan fingerprint density at radius 3 is 3.00 bits per heavy atom. The number of thiophene rings is 1. The standard InChI is InChI=1S/C12H11N3O3S/c16-10(4-7-2-1-3-19-7)15-5-8-9(6-15)13-14-11(8)12(17)18/h1-3H,4-6H2,(H,13,14)(H,17,18). The molecule has 98 valence electrons. The molecule has 0 fully saturated rings. The number of hydrogen-bond donors (Lipinski definition) is 2. The van der Waals surface area contributed by atoms with Crippen molar-refractivity contribution in [2.24, 2.45) is 0 Å². The summed E-state index contributed by atoms with van der Waals surface area (Å²) in [5.41, 5.74) is 1.35. The van der Waals surface area contributed by atoms with Crippen molar-refractivity contribution < 1.29 is 14.7 Å². The number of carbonyl (C=O) groups excluding carboxylic acids is 1. The fraction of sp³-hybridized carbons (Fsp3) is 0.250. The second kappa shape index (κ2) is 4.51. The molecule has 0 aliphatic carbocycles. The van der Waals surface area contributed by atoms with Crippen molar-refractivity contribution in [3.63, 3.8) is 0 Å². The van der Waals surface area contributed by atoms with Crippen LogP contribution in [0.1, 0.15) is 26.6 Å². The topological polar surface area (TPSA) is 86.3 Å². The first-order valence-corrected chi connectivity index (χ1v) is 6.62. The third-order valence-electron chi connectivity index (χ3n) is 3.11. The fourth-order valence-corrected chi connectivity index (χ4v) is 2.86. The first-order chi connectivity index (χ1) is 9.15. The van der Waals surface area contributed by atoms with E-state index in [2.05, 4.69) is 10.2 Å². The molecule has 2 aromatic rings. The predicted octanol–water partition coefficient (Wildman–Crippen LogP) is 1.25. The molecule has 6 nitrogen and oxygen atoms in total. The number of aromatic nitrogens is 2. The van der Waals surface area contributed by atoms with E-state index < -0.39 is 5.97 Å². The van der Waals surface area contributed by atoms with Gasteiger partial charge in [-0.1, -0.05) is 6.07 Å². The van der Waals surface area contributed by atoms with Gasteiger partial charge in [0.1, 0.15) is 0 Å². The van der Waals surface area contributed by atoms with Crippen molar-refractivity contribution >= 4 is 23.2 Å². The molecule has 2 N–H and O–H groups in total. The number of carboxylic acids is 1. The minimum absolute atomic E-state index is 0.00314. The summed E-state index contributed by atoms with van der Waals surface area (Å²) in [5.74, 6) is -1.06. The van der Waals surface area contributed by atoms with Crippen LogP contribution in [0.3, 0.4) is 0 Å². The van der Waals surface area contributed by atoms with Gasteiger partial charge in [-0.25, -0.2) is 4.79 Å². The second-order valence-electron chi connectivity index (χ2n) is 4.34. The Labute approximate surface area is 112 Å². The SMILES string of the molecule is O=C(O)c1n[nH]c2c1CN(C(=O)Cc1cccs1)C2.